The lowest BCUT2D eigenvalue weighted by molar-refractivity contribution is 0.306. The number of guanidine groups is 1. The van der Waals surface area contributed by atoms with Gasteiger partial charge in [-0.15, -0.1) is 0 Å². The van der Waals surface area contributed by atoms with Crippen LogP contribution in [-0.2, 0) is 6.61 Å². The molecule has 1 aromatic heterocycles. The van der Waals surface area contributed by atoms with Crippen molar-refractivity contribution in [3.63, 3.8) is 0 Å². The number of aromatic nitrogens is 1. The van der Waals surface area contributed by atoms with Gasteiger partial charge in [0.25, 0.3) is 0 Å². The average molecular weight is 436 g/mol. The van der Waals surface area contributed by atoms with E-state index in [1.165, 1.54) is 0 Å². The van der Waals surface area contributed by atoms with Gasteiger partial charge in [0.05, 0.1) is 5.69 Å². The van der Waals surface area contributed by atoms with Crippen LogP contribution in [0.15, 0.2) is 65.8 Å². The predicted molar refractivity (Wildman–Crippen MR) is 116 cm³/mol. The van der Waals surface area contributed by atoms with Crippen molar-refractivity contribution in [1.29, 1.82) is 0 Å². The molecule has 5 nitrogen and oxygen atoms in total. The van der Waals surface area contributed by atoms with Crippen LogP contribution in [-0.4, -0.2) is 18.0 Å². The molecule has 2 N–H and O–H groups in total. The SMILES string of the molecule is CN=C(N)N(c1ccc(Cl)cc1)c1ncccc1OCc1c(Cl)cccc1Cl. The van der Waals surface area contributed by atoms with Gasteiger partial charge in [-0.2, -0.15) is 0 Å². The first-order chi connectivity index (χ1) is 13.5. The summed E-state index contributed by atoms with van der Waals surface area (Å²) in [4.78, 5) is 10.2. The Kier molecular flexibility index (Phi) is 6.62. The zero-order valence-electron chi connectivity index (χ0n) is 14.9. The van der Waals surface area contributed by atoms with Crippen LogP contribution in [0.2, 0.25) is 15.1 Å². The smallest absolute Gasteiger partial charge is 0.201 e. The molecule has 0 saturated carbocycles. The fourth-order valence-electron chi connectivity index (χ4n) is 2.54. The first kappa shape index (κ1) is 20.3. The van der Waals surface area contributed by atoms with Gasteiger partial charge in [0.1, 0.15) is 6.61 Å². The summed E-state index contributed by atoms with van der Waals surface area (Å²) in [5, 5.41) is 1.67. The third kappa shape index (κ3) is 4.50. The van der Waals surface area contributed by atoms with E-state index >= 15 is 0 Å². The van der Waals surface area contributed by atoms with Crippen molar-refractivity contribution in [2.75, 3.05) is 11.9 Å². The van der Waals surface area contributed by atoms with Crippen LogP contribution >= 0.6 is 34.8 Å². The van der Waals surface area contributed by atoms with Crippen molar-refractivity contribution in [2.45, 2.75) is 6.61 Å². The lowest BCUT2D eigenvalue weighted by atomic mass is 10.2. The van der Waals surface area contributed by atoms with E-state index in [-0.39, 0.29) is 12.6 Å². The lowest BCUT2D eigenvalue weighted by Crippen LogP contribution is -2.34. The van der Waals surface area contributed by atoms with Gasteiger partial charge in [0, 0.05) is 33.9 Å². The number of nitrogens with zero attached hydrogens (tertiary/aromatic N) is 3. The topological polar surface area (TPSA) is 63.7 Å². The van der Waals surface area contributed by atoms with Gasteiger partial charge in [-0.1, -0.05) is 40.9 Å². The van der Waals surface area contributed by atoms with E-state index in [0.29, 0.717) is 32.2 Å². The molecule has 1 heterocycles. The molecule has 0 radical (unpaired) electrons. The Morgan fingerprint density at radius 3 is 2.36 bits per heavy atom. The van der Waals surface area contributed by atoms with Crippen LogP contribution in [0.25, 0.3) is 0 Å². The minimum absolute atomic E-state index is 0.175. The minimum atomic E-state index is 0.175. The highest BCUT2D eigenvalue weighted by Gasteiger charge is 2.20. The number of hydrogen-bond acceptors (Lipinski definition) is 3. The van der Waals surface area contributed by atoms with Crippen molar-refractivity contribution >= 4 is 52.3 Å². The van der Waals surface area contributed by atoms with E-state index in [4.69, 9.17) is 45.3 Å². The molecular weight excluding hydrogens is 419 g/mol. The standard InChI is InChI=1S/C20H17Cl3N4O/c1-25-20(24)27(14-9-7-13(21)8-10-14)19-18(6-3-11-26-19)28-12-15-16(22)4-2-5-17(15)23/h2-11H,12H2,1H3,(H2,24,25). The van der Waals surface area contributed by atoms with Gasteiger partial charge < -0.3 is 10.5 Å². The highest BCUT2D eigenvalue weighted by Crippen LogP contribution is 2.34. The first-order valence-corrected chi connectivity index (χ1v) is 9.43. The number of benzene rings is 2. The first-order valence-electron chi connectivity index (χ1n) is 8.30. The number of anilines is 2. The number of hydrogen-bond donors (Lipinski definition) is 1. The molecule has 3 rings (SSSR count). The molecule has 2 aromatic carbocycles. The third-order valence-electron chi connectivity index (χ3n) is 3.94. The molecule has 0 unspecified atom stereocenters. The van der Waals surface area contributed by atoms with Crippen LogP contribution in [0.1, 0.15) is 5.56 Å². The number of ether oxygens (including phenoxy) is 1. The van der Waals surface area contributed by atoms with Gasteiger partial charge >= 0.3 is 0 Å². The molecular formula is C20H17Cl3N4O. The van der Waals surface area contributed by atoms with Crippen LogP contribution in [0.5, 0.6) is 5.75 Å². The van der Waals surface area contributed by atoms with E-state index in [1.54, 1.807) is 60.6 Å². The predicted octanol–water partition coefficient (Wildman–Crippen LogP) is 5.70. The Bertz CT molecular complexity index is 973. The highest BCUT2D eigenvalue weighted by molar-refractivity contribution is 6.36. The van der Waals surface area contributed by atoms with Crippen molar-refractivity contribution in [1.82, 2.24) is 4.98 Å². The van der Waals surface area contributed by atoms with E-state index < -0.39 is 0 Å². The molecule has 0 aliphatic rings. The summed E-state index contributed by atoms with van der Waals surface area (Å²) in [7, 11) is 1.60. The molecule has 0 bridgehead atoms. The normalized spacial score (nSPS) is 11.4. The second kappa shape index (κ2) is 9.15. The largest absolute Gasteiger partial charge is 0.485 e. The molecule has 0 aliphatic heterocycles. The van der Waals surface area contributed by atoms with Crippen molar-refractivity contribution in [3.8, 4) is 5.75 Å². The zero-order valence-corrected chi connectivity index (χ0v) is 17.2. The second-order valence-electron chi connectivity index (χ2n) is 5.71. The Labute approximate surface area is 178 Å². The molecule has 8 heteroatoms. The maximum Gasteiger partial charge on any atom is 0.201 e. The van der Waals surface area contributed by atoms with Gasteiger partial charge in [-0.25, -0.2) is 4.98 Å². The van der Waals surface area contributed by atoms with Gasteiger partial charge in [-0.05, 0) is 48.5 Å². The molecule has 144 valence electrons. The summed E-state index contributed by atoms with van der Waals surface area (Å²) in [6, 6.07) is 16.0. The molecule has 0 aliphatic carbocycles. The summed E-state index contributed by atoms with van der Waals surface area (Å²) in [5.74, 6) is 1.23. The number of aliphatic imine (C=N–C) groups is 1. The third-order valence-corrected chi connectivity index (χ3v) is 4.90. The number of rotatable bonds is 5. The van der Waals surface area contributed by atoms with Crippen molar-refractivity contribution in [2.24, 2.45) is 10.7 Å². The van der Waals surface area contributed by atoms with Crippen LogP contribution in [0, 0.1) is 0 Å². The molecule has 28 heavy (non-hydrogen) atoms. The Hall–Kier alpha value is -2.47. The van der Waals surface area contributed by atoms with Crippen LogP contribution in [0.4, 0.5) is 11.5 Å². The zero-order chi connectivity index (χ0) is 20.1. The fourth-order valence-corrected chi connectivity index (χ4v) is 3.17. The monoisotopic (exact) mass is 434 g/mol. The van der Waals surface area contributed by atoms with Crippen LogP contribution < -0.4 is 15.4 Å². The summed E-state index contributed by atoms with van der Waals surface area (Å²) < 4.78 is 6.00. The Morgan fingerprint density at radius 2 is 1.71 bits per heavy atom. The quantitative estimate of drug-likeness (QED) is 0.412. The molecule has 0 atom stereocenters. The van der Waals surface area contributed by atoms with E-state index in [2.05, 4.69) is 9.98 Å². The van der Waals surface area contributed by atoms with Gasteiger partial charge in [0.15, 0.2) is 11.6 Å². The van der Waals surface area contributed by atoms with Gasteiger partial charge in [0.2, 0.25) is 5.96 Å². The number of pyridine rings is 1. The van der Waals surface area contributed by atoms with Gasteiger partial charge in [-0.3, -0.25) is 9.89 Å². The molecule has 0 spiro atoms. The summed E-state index contributed by atoms with van der Waals surface area (Å²) >= 11 is 18.5. The fraction of sp³-hybridized carbons (Fsp3) is 0.100. The van der Waals surface area contributed by atoms with E-state index in [1.807, 2.05) is 12.1 Å². The number of halogens is 3. The summed E-state index contributed by atoms with van der Waals surface area (Å²) in [6.45, 7) is 0.175. The highest BCUT2D eigenvalue weighted by atomic mass is 35.5. The Morgan fingerprint density at radius 1 is 1.04 bits per heavy atom. The lowest BCUT2D eigenvalue weighted by Gasteiger charge is -2.24. The van der Waals surface area contributed by atoms with Crippen LogP contribution in [0.3, 0.4) is 0 Å². The summed E-state index contributed by atoms with van der Waals surface area (Å²) in [5.41, 5.74) is 7.58. The molecule has 0 saturated heterocycles. The maximum atomic E-state index is 6.24. The van der Waals surface area contributed by atoms with Crippen molar-refractivity contribution < 1.29 is 4.74 Å². The number of nitrogens with two attached hydrogens (primary N) is 1. The second-order valence-corrected chi connectivity index (χ2v) is 6.96. The average Bonchev–Trinajstić information content (AvgIpc) is 2.70. The molecule has 3 aromatic rings. The molecule has 0 fully saturated rings. The summed E-state index contributed by atoms with van der Waals surface area (Å²) in [6.07, 6.45) is 1.65. The minimum Gasteiger partial charge on any atom is -0.485 e. The van der Waals surface area contributed by atoms with E-state index in [0.717, 1.165) is 5.69 Å². The molecule has 0 amide bonds. The van der Waals surface area contributed by atoms with Crippen molar-refractivity contribution in [3.05, 3.63) is 81.4 Å². The maximum absolute atomic E-state index is 6.24. The Balaban J connectivity index is 1.98. The van der Waals surface area contributed by atoms with E-state index in [9.17, 15) is 0 Å².